The first-order valence-corrected chi connectivity index (χ1v) is 10.2. The Morgan fingerprint density at radius 2 is 1.75 bits per heavy atom. The molecule has 0 unspecified atom stereocenters. The van der Waals surface area contributed by atoms with Gasteiger partial charge < -0.3 is 25.2 Å². The minimum Gasteiger partial charge on any atom is -0.493 e. The third kappa shape index (κ3) is 5.92. The van der Waals surface area contributed by atoms with Gasteiger partial charge in [0.2, 0.25) is 0 Å². The van der Waals surface area contributed by atoms with Crippen molar-refractivity contribution in [3.63, 3.8) is 0 Å². The van der Waals surface area contributed by atoms with Gasteiger partial charge in [0.15, 0.2) is 18.1 Å². The molecule has 0 saturated carbocycles. The monoisotopic (exact) mass is 454 g/mol. The number of ether oxygens (including phenoxy) is 2. The highest BCUT2D eigenvalue weighted by Gasteiger charge is 2.14. The van der Waals surface area contributed by atoms with Crippen LogP contribution in [0.5, 0.6) is 11.5 Å². The molecule has 0 heterocycles. The zero-order valence-corrected chi connectivity index (χ0v) is 18.4. The average Bonchev–Trinajstić information content (AvgIpc) is 2.78. The molecule has 0 aliphatic heterocycles. The highest BCUT2D eigenvalue weighted by molar-refractivity contribution is 6.33. The predicted molar refractivity (Wildman–Crippen MR) is 124 cm³/mol. The van der Waals surface area contributed by atoms with Crippen LogP contribution >= 0.6 is 11.6 Å². The van der Waals surface area contributed by atoms with E-state index in [4.69, 9.17) is 21.1 Å². The lowest BCUT2D eigenvalue weighted by Gasteiger charge is -2.16. The van der Waals surface area contributed by atoms with Gasteiger partial charge in [-0.05, 0) is 43.3 Å². The van der Waals surface area contributed by atoms with Crippen molar-refractivity contribution < 1.29 is 24.2 Å². The van der Waals surface area contributed by atoms with Crippen molar-refractivity contribution in [2.24, 2.45) is 0 Å². The largest absolute Gasteiger partial charge is 0.493 e. The lowest BCUT2D eigenvalue weighted by atomic mass is 10.1. The van der Waals surface area contributed by atoms with Gasteiger partial charge in [-0.25, -0.2) is 4.79 Å². The van der Waals surface area contributed by atoms with Gasteiger partial charge in [0.25, 0.3) is 5.91 Å². The Kier molecular flexibility index (Phi) is 7.57. The lowest BCUT2D eigenvalue weighted by Crippen LogP contribution is -2.21. The molecule has 3 rings (SSSR count). The van der Waals surface area contributed by atoms with Crippen LogP contribution in [0.4, 0.5) is 11.4 Å². The lowest BCUT2D eigenvalue weighted by molar-refractivity contribution is -0.118. The van der Waals surface area contributed by atoms with Crippen molar-refractivity contribution in [2.75, 3.05) is 24.4 Å². The molecule has 32 heavy (non-hydrogen) atoms. The zero-order valence-electron chi connectivity index (χ0n) is 17.6. The number of carbonyl (C=O) groups excluding carboxylic acids is 1. The van der Waals surface area contributed by atoms with E-state index in [2.05, 4.69) is 10.6 Å². The van der Waals surface area contributed by atoms with E-state index in [0.29, 0.717) is 29.4 Å². The molecule has 0 saturated heterocycles. The van der Waals surface area contributed by atoms with Crippen LogP contribution in [0.3, 0.4) is 0 Å². The Morgan fingerprint density at radius 3 is 2.44 bits per heavy atom. The fourth-order valence-electron chi connectivity index (χ4n) is 2.99. The van der Waals surface area contributed by atoms with E-state index >= 15 is 0 Å². The quantitative estimate of drug-likeness (QED) is 0.421. The van der Waals surface area contributed by atoms with Gasteiger partial charge in [0.05, 0.1) is 17.7 Å². The van der Waals surface area contributed by atoms with Crippen LogP contribution in [0.1, 0.15) is 21.5 Å². The molecule has 7 nitrogen and oxygen atoms in total. The summed E-state index contributed by atoms with van der Waals surface area (Å²) in [7, 11) is 1.52. The molecule has 0 aliphatic rings. The van der Waals surface area contributed by atoms with Gasteiger partial charge >= 0.3 is 5.97 Å². The van der Waals surface area contributed by atoms with Gasteiger partial charge in [0, 0.05) is 23.5 Å². The summed E-state index contributed by atoms with van der Waals surface area (Å²) >= 11 is 5.93. The van der Waals surface area contributed by atoms with Crippen molar-refractivity contribution in [1.29, 1.82) is 0 Å². The summed E-state index contributed by atoms with van der Waals surface area (Å²) < 4.78 is 11.2. The van der Waals surface area contributed by atoms with Gasteiger partial charge in [0.1, 0.15) is 0 Å². The molecule has 0 spiro atoms. The molecule has 0 radical (unpaired) electrons. The van der Waals surface area contributed by atoms with Crippen LogP contribution in [0.2, 0.25) is 5.02 Å². The van der Waals surface area contributed by atoms with E-state index in [0.717, 1.165) is 11.1 Å². The standard InChI is InChI=1S/C24H23ClN2O5/c1-15-6-8-17(9-7-15)27-22(28)14-32-23-16(4-3-5-21(23)31-2)13-26-18-10-11-20(25)19(12-18)24(29)30/h3-12,26H,13-14H2,1-2H3,(H,27,28)(H,29,30). The van der Waals surface area contributed by atoms with Crippen LogP contribution in [0.25, 0.3) is 0 Å². The van der Waals surface area contributed by atoms with Gasteiger partial charge in [-0.15, -0.1) is 0 Å². The van der Waals surface area contributed by atoms with Crippen molar-refractivity contribution in [2.45, 2.75) is 13.5 Å². The maximum Gasteiger partial charge on any atom is 0.337 e. The topological polar surface area (TPSA) is 96.9 Å². The predicted octanol–water partition coefficient (Wildman–Crippen LogP) is 4.98. The number of aromatic carboxylic acids is 1. The van der Waals surface area contributed by atoms with Crippen LogP contribution in [-0.4, -0.2) is 30.7 Å². The van der Waals surface area contributed by atoms with E-state index < -0.39 is 5.97 Å². The fourth-order valence-corrected chi connectivity index (χ4v) is 3.19. The number of amides is 1. The van der Waals surface area contributed by atoms with Gasteiger partial charge in [-0.3, -0.25) is 4.79 Å². The molecule has 0 fully saturated rings. The minimum atomic E-state index is -1.11. The van der Waals surface area contributed by atoms with Gasteiger partial charge in [-0.2, -0.15) is 0 Å². The van der Waals surface area contributed by atoms with Crippen LogP contribution in [-0.2, 0) is 11.3 Å². The molecule has 3 aromatic carbocycles. The summed E-state index contributed by atoms with van der Waals surface area (Å²) in [6.07, 6.45) is 0. The first kappa shape index (κ1) is 23.0. The van der Waals surface area contributed by atoms with Crippen molar-refractivity contribution >= 4 is 34.9 Å². The molecule has 0 bridgehead atoms. The number of hydrogen-bond donors (Lipinski definition) is 3. The summed E-state index contributed by atoms with van der Waals surface area (Å²) in [6, 6.07) is 17.5. The number of methoxy groups -OCH3 is 1. The third-order valence-electron chi connectivity index (χ3n) is 4.64. The first-order valence-electron chi connectivity index (χ1n) is 9.79. The first-order chi connectivity index (χ1) is 15.4. The second-order valence-corrected chi connectivity index (χ2v) is 7.41. The Bertz CT molecular complexity index is 1120. The molecule has 3 N–H and O–H groups in total. The van der Waals surface area contributed by atoms with Crippen LogP contribution in [0.15, 0.2) is 60.7 Å². The number of rotatable bonds is 9. The molecule has 166 valence electrons. The molecular weight excluding hydrogens is 432 g/mol. The number of aryl methyl sites for hydroxylation is 1. The molecule has 0 aromatic heterocycles. The Balaban J connectivity index is 1.70. The minimum absolute atomic E-state index is 0.00607. The average molecular weight is 455 g/mol. The number of hydrogen-bond acceptors (Lipinski definition) is 5. The Hall–Kier alpha value is -3.71. The number of nitrogens with one attached hydrogen (secondary N) is 2. The van der Waals surface area contributed by atoms with Crippen molar-refractivity contribution in [3.05, 3.63) is 82.4 Å². The van der Waals surface area contributed by atoms with E-state index in [9.17, 15) is 14.7 Å². The molecule has 8 heteroatoms. The number of benzene rings is 3. The van der Waals surface area contributed by atoms with Gasteiger partial charge in [-0.1, -0.05) is 41.4 Å². The third-order valence-corrected chi connectivity index (χ3v) is 4.97. The maximum atomic E-state index is 12.3. The molecule has 3 aromatic rings. The summed E-state index contributed by atoms with van der Waals surface area (Å²) in [6.45, 7) is 2.08. The van der Waals surface area contributed by atoms with Crippen molar-refractivity contribution in [3.8, 4) is 11.5 Å². The normalized spacial score (nSPS) is 10.3. The van der Waals surface area contributed by atoms with E-state index in [1.165, 1.54) is 19.2 Å². The molecule has 0 atom stereocenters. The number of carboxylic acid groups (broad SMARTS) is 1. The van der Waals surface area contributed by atoms with E-state index in [1.807, 2.05) is 37.3 Å². The maximum absolute atomic E-state index is 12.3. The Morgan fingerprint density at radius 1 is 1.03 bits per heavy atom. The summed E-state index contributed by atoms with van der Waals surface area (Å²) in [5.74, 6) is -0.505. The molecule has 0 aliphatic carbocycles. The summed E-state index contributed by atoms with van der Waals surface area (Å²) in [4.78, 5) is 23.6. The SMILES string of the molecule is COc1cccc(CNc2ccc(Cl)c(C(=O)O)c2)c1OCC(=O)Nc1ccc(C)cc1. The smallest absolute Gasteiger partial charge is 0.337 e. The number of halogens is 1. The van der Waals surface area contributed by atoms with Crippen molar-refractivity contribution in [1.82, 2.24) is 0 Å². The highest BCUT2D eigenvalue weighted by Crippen LogP contribution is 2.32. The second-order valence-electron chi connectivity index (χ2n) is 7.00. The number of carboxylic acids is 1. The summed E-state index contributed by atoms with van der Waals surface area (Å²) in [5.41, 5.74) is 3.10. The second kappa shape index (κ2) is 10.5. The summed E-state index contributed by atoms with van der Waals surface area (Å²) in [5, 5.41) is 15.3. The van der Waals surface area contributed by atoms with E-state index in [1.54, 1.807) is 18.2 Å². The highest BCUT2D eigenvalue weighted by atomic mass is 35.5. The molecule has 1 amide bonds. The zero-order chi connectivity index (χ0) is 23.1. The fraction of sp³-hybridized carbons (Fsp3) is 0.167. The number of anilines is 2. The number of carbonyl (C=O) groups is 2. The molecular formula is C24H23ClN2O5. The number of para-hydroxylation sites is 1. The van der Waals surface area contributed by atoms with E-state index in [-0.39, 0.29) is 23.1 Å². The van der Waals surface area contributed by atoms with Crippen LogP contribution < -0.4 is 20.1 Å². The van der Waals surface area contributed by atoms with Crippen LogP contribution in [0, 0.1) is 6.92 Å². The Labute approximate surface area is 190 Å².